The third kappa shape index (κ3) is 7.43. The van der Waals surface area contributed by atoms with Gasteiger partial charge in [0.1, 0.15) is 0 Å². The Morgan fingerprint density at radius 3 is 1.92 bits per heavy atom. The maximum Gasteiger partial charge on any atom is 0.673 e. The summed E-state index contributed by atoms with van der Waals surface area (Å²) in [6, 6.07) is 4.21. The first-order valence-electron chi connectivity index (χ1n) is 3.82. The minimum atomic E-state index is -6.00. The Morgan fingerprint density at radius 2 is 1.77 bits per heavy atom. The molecule has 0 spiro atoms. The predicted molar refractivity (Wildman–Crippen MR) is 45.0 cm³/mol. The van der Waals surface area contributed by atoms with Crippen LogP contribution >= 0.6 is 0 Å². The number of rotatable bonds is 1. The summed E-state index contributed by atoms with van der Waals surface area (Å²) in [7, 11) is -3.93. The lowest BCUT2D eigenvalue weighted by Crippen LogP contribution is -2.02. The van der Waals surface area contributed by atoms with Crippen LogP contribution in [0.3, 0.4) is 0 Å². The second kappa shape index (κ2) is 4.94. The zero-order valence-corrected chi connectivity index (χ0v) is 7.48. The molecule has 0 bridgehead atoms. The van der Waals surface area contributed by atoms with Gasteiger partial charge in [-0.05, 0) is 18.6 Å². The van der Waals surface area contributed by atoms with Gasteiger partial charge >= 0.3 is 7.25 Å². The highest BCUT2D eigenvalue weighted by Crippen LogP contribution is 2.06. The largest absolute Gasteiger partial charge is 0.673 e. The topological polar surface area (TPSA) is 4.93 Å². The van der Waals surface area contributed by atoms with Crippen molar-refractivity contribution in [2.45, 2.75) is 13.3 Å². The van der Waals surface area contributed by atoms with Crippen LogP contribution in [0.15, 0.2) is 18.3 Å². The molecule has 1 aromatic rings. The van der Waals surface area contributed by atoms with Crippen molar-refractivity contribution in [3.05, 3.63) is 24.0 Å². The summed E-state index contributed by atoms with van der Waals surface area (Å²) in [6.45, 7) is 2.16. The Balaban J connectivity index is 0.000000252. The van der Waals surface area contributed by atoms with Gasteiger partial charge in [-0.1, -0.05) is 6.92 Å². The summed E-state index contributed by atoms with van der Waals surface area (Å²) in [4.78, 5) is 0. The standard InChI is InChI=1S/C7H11N.BF4/c1-3-7-5-4-6-8(7)2;2-1(3,4)5/h4-6H,3H2,1-2H3;/q;-1. The molecule has 0 aliphatic carbocycles. The number of halogens is 4. The highest BCUT2D eigenvalue weighted by atomic mass is 19.5. The fourth-order valence-corrected chi connectivity index (χ4v) is 0.864. The van der Waals surface area contributed by atoms with Gasteiger partial charge in [0.25, 0.3) is 0 Å². The van der Waals surface area contributed by atoms with Crippen LogP contribution in [0, 0.1) is 0 Å². The zero-order valence-electron chi connectivity index (χ0n) is 7.48. The van der Waals surface area contributed by atoms with Crippen LogP contribution in [-0.4, -0.2) is 11.8 Å². The van der Waals surface area contributed by atoms with E-state index in [1.54, 1.807) is 0 Å². The molecule has 76 valence electrons. The van der Waals surface area contributed by atoms with E-state index in [1.165, 1.54) is 5.69 Å². The molecule has 1 rings (SSSR count). The molecule has 0 aliphatic rings. The second-order valence-electron chi connectivity index (χ2n) is 2.46. The van der Waals surface area contributed by atoms with Gasteiger partial charge in [-0.15, -0.1) is 0 Å². The predicted octanol–water partition coefficient (Wildman–Crippen LogP) is 2.89. The minimum Gasteiger partial charge on any atom is -0.418 e. The van der Waals surface area contributed by atoms with Gasteiger partial charge in [-0.3, -0.25) is 0 Å². The number of nitrogens with zero attached hydrogens (tertiary/aromatic N) is 1. The molecule has 0 saturated carbocycles. The Kier molecular flexibility index (Phi) is 4.58. The monoisotopic (exact) mass is 196 g/mol. The van der Waals surface area contributed by atoms with Crippen LogP contribution < -0.4 is 0 Å². The van der Waals surface area contributed by atoms with Crippen molar-refractivity contribution in [3.63, 3.8) is 0 Å². The third-order valence-electron chi connectivity index (χ3n) is 1.41. The summed E-state index contributed by atoms with van der Waals surface area (Å²) < 4.78 is 41.1. The van der Waals surface area contributed by atoms with E-state index in [4.69, 9.17) is 0 Å². The fourth-order valence-electron chi connectivity index (χ4n) is 0.864. The lowest BCUT2D eigenvalue weighted by Gasteiger charge is -1.95. The number of aryl methyl sites for hydroxylation is 2. The van der Waals surface area contributed by atoms with Crippen molar-refractivity contribution in [1.82, 2.24) is 4.57 Å². The fraction of sp³-hybridized carbons (Fsp3) is 0.429. The van der Waals surface area contributed by atoms with E-state index in [0.29, 0.717) is 0 Å². The highest BCUT2D eigenvalue weighted by molar-refractivity contribution is 6.50. The van der Waals surface area contributed by atoms with Crippen LogP contribution in [0.1, 0.15) is 12.6 Å². The Bertz CT molecular complexity index is 237. The van der Waals surface area contributed by atoms with E-state index in [1.807, 2.05) is 0 Å². The normalized spacial score (nSPS) is 10.6. The SMILES string of the molecule is CCc1cccn1C.F[B-](F)(F)F. The highest BCUT2D eigenvalue weighted by Gasteiger charge is 2.20. The van der Waals surface area contributed by atoms with Crippen molar-refractivity contribution in [1.29, 1.82) is 0 Å². The summed E-state index contributed by atoms with van der Waals surface area (Å²) >= 11 is 0. The van der Waals surface area contributed by atoms with Crippen LogP contribution in [0.25, 0.3) is 0 Å². The Labute approximate surface area is 74.5 Å². The van der Waals surface area contributed by atoms with Crippen molar-refractivity contribution in [2.24, 2.45) is 7.05 Å². The maximum absolute atomic E-state index is 9.75. The quantitative estimate of drug-likeness (QED) is 0.480. The third-order valence-corrected chi connectivity index (χ3v) is 1.41. The smallest absolute Gasteiger partial charge is 0.418 e. The second-order valence-corrected chi connectivity index (χ2v) is 2.46. The molecule has 0 N–H and O–H groups in total. The zero-order chi connectivity index (χ0) is 10.5. The molecule has 6 heteroatoms. The van der Waals surface area contributed by atoms with Crippen LogP contribution in [0.5, 0.6) is 0 Å². The van der Waals surface area contributed by atoms with Crippen LogP contribution in [-0.2, 0) is 13.5 Å². The van der Waals surface area contributed by atoms with E-state index in [0.717, 1.165) is 6.42 Å². The first kappa shape index (κ1) is 12.1. The van der Waals surface area contributed by atoms with Gasteiger partial charge in [0.05, 0.1) is 0 Å². The van der Waals surface area contributed by atoms with E-state index in [-0.39, 0.29) is 0 Å². The van der Waals surface area contributed by atoms with E-state index >= 15 is 0 Å². The molecule has 1 heterocycles. The van der Waals surface area contributed by atoms with Gasteiger partial charge in [0.2, 0.25) is 0 Å². The van der Waals surface area contributed by atoms with Crippen molar-refractivity contribution in [2.75, 3.05) is 0 Å². The molecule has 0 fully saturated rings. The molecule has 1 aromatic heterocycles. The molecule has 1 nitrogen and oxygen atoms in total. The lowest BCUT2D eigenvalue weighted by molar-refractivity contribution is 0.368. The molecule has 0 saturated heterocycles. The molecule has 0 amide bonds. The molecule has 0 atom stereocenters. The van der Waals surface area contributed by atoms with Gasteiger partial charge in [0.15, 0.2) is 0 Å². The van der Waals surface area contributed by atoms with Crippen molar-refractivity contribution in [3.8, 4) is 0 Å². The number of hydrogen-bond donors (Lipinski definition) is 0. The van der Waals surface area contributed by atoms with Gasteiger partial charge < -0.3 is 21.8 Å². The molecular weight excluding hydrogens is 185 g/mol. The van der Waals surface area contributed by atoms with Gasteiger partial charge in [-0.25, -0.2) is 0 Å². The van der Waals surface area contributed by atoms with E-state index < -0.39 is 7.25 Å². The Hall–Kier alpha value is -0.935. The van der Waals surface area contributed by atoms with Gasteiger partial charge in [-0.2, -0.15) is 0 Å². The number of aromatic nitrogens is 1. The first-order chi connectivity index (χ1) is 5.84. The van der Waals surface area contributed by atoms with Crippen LogP contribution in [0.2, 0.25) is 0 Å². The molecule has 0 aliphatic heterocycles. The molecular formula is C7H11BF4N-. The summed E-state index contributed by atoms with van der Waals surface area (Å²) in [5.74, 6) is 0. The summed E-state index contributed by atoms with van der Waals surface area (Å²) in [5.41, 5.74) is 1.39. The maximum atomic E-state index is 9.75. The summed E-state index contributed by atoms with van der Waals surface area (Å²) in [6.07, 6.45) is 3.20. The summed E-state index contributed by atoms with van der Waals surface area (Å²) in [5, 5.41) is 0. The average Bonchev–Trinajstić information content (AvgIpc) is 2.31. The van der Waals surface area contributed by atoms with Crippen molar-refractivity contribution >= 4 is 7.25 Å². The molecule has 13 heavy (non-hydrogen) atoms. The Morgan fingerprint density at radius 1 is 1.31 bits per heavy atom. The lowest BCUT2D eigenvalue weighted by atomic mass is 10.3. The molecule has 0 radical (unpaired) electrons. The van der Waals surface area contributed by atoms with Crippen LogP contribution in [0.4, 0.5) is 17.3 Å². The van der Waals surface area contributed by atoms with E-state index in [9.17, 15) is 17.3 Å². The van der Waals surface area contributed by atoms with Crippen molar-refractivity contribution < 1.29 is 17.3 Å². The molecule has 0 aromatic carbocycles. The first-order valence-corrected chi connectivity index (χ1v) is 3.82. The number of hydrogen-bond acceptors (Lipinski definition) is 0. The average molecular weight is 196 g/mol. The van der Waals surface area contributed by atoms with Gasteiger partial charge in [0, 0.05) is 18.9 Å². The minimum absolute atomic E-state index is 1.13. The molecule has 0 unspecified atom stereocenters. The van der Waals surface area contributed by atoms with E-state index in [2.05, 4.69) is 36.9 Å².